The van der Waals surface area contributed by atoms with Gasteiger partial charge in [0.05, 0.1) is 0 Å². The van der Waals surface area contributed by atoms with Gasteiger partial charge in [0.25, 0.3) is 5.91 Å². The van der Waals surface area contributed by atoms with Gasteiger partial charge >= 0.3 is 0 Å². The second-order valence-electron chi connectivity index (χ2n) is 7.61. The van der Waals surface area contributed by atoms with Gasteiger partial charge in [-0.25, -0.2) is 0 Å². The van der Waals surface area contributed by atoms with E-state index in [4.69, 9.17) is 9.73 Å². The smallest absolute Gasteiger partial charge is 0.258 e. The molecule has 2 fully saturated rings. The summed E-state index contributed by atoms with van der Waals surface area (Å²) in [5, 5.41) is 7.07. The van der Waals surface area contributed by atoms with E-state index in [0.717, 1.165) is 57.2 Å². The van der Waals surface area contributed by atoms with E-state index in [2.05, 4.69) is 53.3 Å². The summed E-state index contributed by atoms with van der Waals surface area (Å²) in [5.41, 5.74) is 1.22. The second-order valence-corrected chi connectivity index (χ2v) is 9.02. The van der Waals surface area contributed by atoms with E-state index < -0.39 is 0 Å². The average Bonchev–Trinajstić information content (AvgIpc) is 3.56. The van der Waals surface area contributed by atoms with Crippen LogP contribution in [0.2, 0.25) is 0 Å². The molecule has 3 rings (SSSR count). The number of nitrogens with one attached hydrogen (secondary N) is 2. The zero-order valence-corrected chi connectivity index (χ0v) is 18.5. The molecule has 1 aromatic rings. The van der Waals surface area contributed by atoms with E-state index in [9.17, 15) is 4.79 Å². The Morgan fingerprint density at radius 2 is 2.07 bits per heavy atom. The van der Waals surface area contributed by atoms with Crippen molar-refractivity contribution in [2.24, 2.45) is 4.99 Å². The molecule has 1 heterocycles. The van der Waals surface area contributed by atoms with Gasteiger partial charge in [-0.05, 0) is 50.3 Å². The summed E-state index contributed by atoms with van der Waals surface area (Å²) in [5.74, 6) is 2.90. The highest BCUT2D eigenvalue weighted by molar-refractivity contribution is 8.00. The normalized spacial score (nSPS) is 19.7. The fourth-order valence-electron chi connectivity index (χ4n) is 3.27. The minimum absolute atomic E-state index is 0.0386. The average molecular weight is 419 g/mol. The summed E-state index contributed by atoms with van der Waals surface area (Å²) >= 11 is 2.07. The molecule has 1 amide bonds. The van der Waals surface area contributed by atoms with Gasteiger partial charge in [-0.2, -0.15) is 11.8 Å². The number of ether oxygens (including phenoxy) is 1. The summed E-state index contributed by atoms with van der Waals surface area (Å²) in [4.78, 5) is 19.0. The Morgan fingerprint density at radius 1 is 1.28 bits per heavy atom. The maximum absolute atomic E-state index is 11.7. The van der Waals surface area contributed by atoms with Crippen LogP contribution < -0.4 is 15.4 Å². The maximum atomic E-state index is 11.7. The number of aliphatic imine (C=N–C) groups is 1. The minimum atomic E-state index is -0.0386. The third kappa shape index (κ3) is 7.46. The molecular formula is C22H34N4O2S. The Bertz CT molecular complexity index is 676. The number of carbonyl (C=O) groups excluding carboxylic acids is 1. The first-order chi connectivity index (χ1) is 14.2. The van der Waals surface area contributed by atoms with Gasteiger partial charge in [0.2, 0.25) is 0 Å². The molecule has 1 atom stereocenters. The summed E-state index contributed by atoms with van der Waals surface area (Å²) in [6.07, 6.45) is 4.27. The van der Waals surface area contributed by atoms with Crippen molar-refractivity contribution in [3.8, 4) is 5.75 Å². The van der Waals surface area contributed by atoms with Crippen LogP contribution in [0.4, 0.5) is 0 Å². The molecule has 1 unspecified atom stereocenters. The molecule has 6 nitrogen and oxygen atoms in total. The van der Waals surface area contributed by atoms with Gasteiger partial charge in [-0.1, -0.05) is 19.1 Å². The number of hydrogen-bond donors (Lipinski definition) is 2. The standard InChI is InChI=1S/C22H34N4O2S/c1-3-20-15-26(13-14-29-20)22(23-4-2)24-12-11-17-5-9-19(10-6-17)28-16-21(27)25-18-7-8-18/h5-6,9-10,18,20H,3-4,7-8,11-16H2,1-2H3,(H,23,24)(H,25,27). The van der Waals surface area contributed by atoms with Gasteiger partial charge < -0.3 is 20.3 Å². The third-order valence-corrected chi connectivity index (χ3v) is 6.50. The van der Waals surface area contributed by atoms with E-state index in [1.807, 2.05) is 12.1 Å². The first-order valence-electron chi connectivity index (χ1n) is 10.8. The molecule has 0 aromatic heterocycles. The number of hydrogen-bond acceptors (Lipinski definition) is 4. The van der Waals surface area contributed by atoms with E-state index in [1.54, 1.807) is 0 Å². The number of guanidine groups is 1. The van der Waals surface area contributed by atoms with Crippen molar-refractivity contribution in [3.05, 3.63) is 29.8 Å². The Balaban J connectivity index is 1.45. The molecule has 2 N–H and O–H groups in total. The summed E-state index contributed by atoms with van der Waals surface area (Å²) in [6.45, 7) is 8.25. The van der Waals surface area contributed by atoms with Crippen LogP contribution in [0.1, 0.15) is 38.7 Å². The highest BCUT2D eigenvalue weighted by atomic mass is 32.2. The topological polar surface area (TPSA) is 66.0 Å². The van der Waals surface area contributed by atoms with Crippen LogP contribution in [-0.2, 0) is 11.2 Å². The Morgan fingerprint density at radius 3 is 2.76 bits per heavy atom. The fourth-order valence-corrected chi connectivity index (χ4v) is 4.45. The van der Waals surface area contributed by atoms with Crippen molar-refractivity contribution in [2.75, 3.05) is 38.5 Å². The molecule has 2 aliphatic rings. The number of nitrogens with zero attached hydrogens (tertiary/aromatic N) is 2. The molecule has 7 heteroatoms. The van der Waals surface area contributed by atoms with Crippen LogP contribution in [-0.4, -0.2) is 66.6 Å². The van der Waals surface area contributed by atoms with Crippen molar-refractivity contribution in [1.82, 2.24) is 15.5 Å². The number of benzene rings is 1. The molecule has 0 spiro atoms. The highest BCUT2D eigenvalue weighted by Gasteiger charge is 2.23. The molecule has 1 aliphatic heterocycles. The molecule has 160 valence electrons. The molecule has 29 heavy (non-hydrogen) atoms. The van der Waals surface area contributed by atoms with Crippen LogP contribution in [0.15, 0.2) is 29.3 Å². The van der Waals surface area contributed by atoms with E-state index >= 15 is 0 Å². The minimum Gasteiger partial charge on any atom is -0.484 e. The van der Waals surface area contributed by atoms with Crippen LogP contribution in [0.5, 0.6) is 5.75 Å². The molecule has 0 bridgehead atoms. The third-order valence-electron chi connectivity index (χ3n) is 5.13. The van der Waals surface area contributed by atoms with E-state index in [-0.39, 0.29) is 12.5 Å². The Kier molecular flexibility index (Phi) is 8.52. The maximum Gasteiger partial charge on any atom is 0.258 e. The molecule has 1 aliphatic carbocycles. The summed E-state index contributed by atoms with van der Waals surface area (Å²) < 4.78 is 5.57. The number of thioether (sulfide) groups is 1. The van der Waals surface area contributed by atoms with Crippen molar-refractivity contribution in [2.45, 2.75) is 50.8 Å². The summed E-state index contributed by atoms with van der Waals surface area (Å²) in [6, 6.07) is 8.35. The molecule has 1 saturated carbocycles. The van der Waals surface area contributed by atoms with Gasteiger partial charge in [0.15, 0.2) is 12.6 Å². The molecule has 1 saturated heterocycles. The second kappa shape index (κ2) is 11.3. The Hall–Kier alpha value is -1.89. The van der Waals surface area contributed by atoms with Crippen molar-refractivity contribution >= 4 is 23.6 Å². The lowest BCUT2D eigenvalue weighted by Gasteiger charge is -2.34. The number of rotatable bonds is 9. The molecule has 0 radical (unpaired) electrons. The molecular weight excluding hydrogens is 384 g/mol. The quantitative estimate of drug-likeness (QED) is 0.477. The van der Waals surface area contributed by atoms with Crippen molar-refractivity contribution in [3.63, 3.8) is 0 Å². The molecule has 1 aromatic carbocycles. The first-order valence-corrected chi connectivity index (χ1v) is 11.9. The highest BCUT2D eigenvalue weighted by Crippen LogP contribution is 2.21. The van der Waals surface area contributed by atoms with Crippen LogP contribution in [0.3, 0.4) is 0 Å². The van der Waals surface area contributed by atoms with Crippen molar-refractivity contribution < 1.29 is 9.53 Å². The predicted octanol–water partition coefficient (Wildman–Crippen LogP) is 2.68. The van der Waals surface area contributed by atoms with Gasteiger partial charge in [-0.3, -0.25) is 9.79 Å². The first kappa shape index (κ1) is 21.8. The van der Waals surface area contributed by atoms with Crippen LogP contribution >= 0.6 is 11.8 Å². The van der Waals surface area contributed by atoms with E-state index in [0.29, 0.717) is 11.3 Å². The van der Waals surface area contributed by atoms with Crippen molar-refractivity contribution in [1.29, 1.82) is 0 Å². The van der Waals surface area contributed by atoms with Crippen LogP contribution in [0.25, 0.3) is 0 Å². The van der Waals surface area contributed by atoms with E-state index in [1.165, 1.54) is 17.7 Å². The lowest BCUT2D eigenvalue weighted by Crippen LogP contribution is -2.48. The van der Waals surface area contributed by atoms with Crippen LogP contribution in [0, 0.1) is 0 Å². The monoisotopic (exact) mass is 418 g/mol. The lowest BCUT2D eigenvalue weighted by molar-refractivity contribution is -0.123. The van der Waals surface area contributed by atoms with Gasteiger partial charge in [-0.15, -0.1) is 0 Å². The van der Waals surface area contributed by atoms with Gasteiger partial charge in [0.1, 0.15) is 5.75 Å². The number of amides is 1. The fraction of sp³-hybridized carbons (Fsp3) is 0.636. The predicted molar refractivity (Wildman–Crippen MR) is 121 cm³/mol. The SMILES string of the molecule is CCNC(=NCCc1ccc(OCC(=O)NC2CC2)cc1)N1CCSC(CC)C1. The summed E-state index contributed by atoms with van der Waals surface area (Å²) in [7, 11) is 0. The largest absolute Gasteiger partial charge is 0.484 e. The zero-order chi connectivity index (χ0) is 20.5. The number of carbonyl (C=O) groups is 1. The van der Waals surface area contributed by atoms with Gasteiger partial charge in [0, 0.05) is 43.2 Å². The Labute approximate surface area is 178 Å². The lowest BCUT2D eigenvalue weighted by atomic mass is 10.1. The zero-order valence-electron chi connectivity index (χ0n) is 17.7.